The molecule has 0 aliphatic rings. The third kappa shape index (κ3) is 2.76. The highest BCUT2D eigenvalue weighted by atomic mass is 19.4. The highest BCUT2D eigenvalue weighted by molar-refractivity contribution is 5.55. The lowest BCUT2D eigenvalue weighted by Crippen LogP contribution is -2.15. The molecule has 0 unspecified atom stereocenters. The minimum Gasteiger partial charge on any atom is -0.392 e. The first kappa shape index (κ1) is 13.5. The van der Waals surface area contributed by atoms with E-state index in [4.69, 9.17) is 5.11 Å². The minimum atomic E-state index is -4.52. The molecular weight excluding hydrogens is 259 g/mol. The van der Waals surface area contributed by atoms with Gasteiger partial charge in [0.25, 0.3) is 0 Å². The van der Waals surface area contributed by atoms with E-state index in [2.05, 4.69) is 10.1 Å². The van der Waals surface area contributed by atoms with Crippen LogP contribution in [0.1, 0.15) is 18.3 Å². The Bertz CT molecular complexity index is 561. The summed E-state index contributed by atoms with van der Waals surface area (Å²) >= 11 is 0. The Kier molecular flexibility index (Phi) is 3.57. The summed E-state index contributed by atoms with van der Waals surface area (Å²) in [5.74, 6) is -0.977. The highest BCUT2D eigenvalue weighted by Gasteiger charge is 2.37. The van der Waals surface area contributed by atoms with Crippen molar-refractivity contribution in [2.45, 2.75) is 26.3 Å². The fourth-order valence-electron chi connectivity index (χ4n) is 1.65. The predicted molar refractivity (Wildman–Crippen MR) is 62.1 cm³/mol. The highest BCUT2D eigenvalue weighted by Crippen LogP contribution is 2.29. The van der Waals surface area contributed by atoms with Crippen LogP contribution in [0.15, 0.2) is 24.3 Å². The van der Waals surface area contributed by atoms with Gasteiger partial charge in [0.05, 0.1) is 6.61 Å². The zero-order valence-electron chi connectivity index (χ0n) is 10.1. The molecule has 4 nitrogen and oxygen atoms in total. The summed E-state index contributed by atoms with van der Waals surface area (Å²) in [5.41, 5.74) is 1.16. The minimum absolute atomic E-state index is 0.0265. The zero-order valence-corrected chi connectivity index (χ0v) is 10.1. The molecule has 0 aliphatic carbocycles. The molecule has 0 bridgehead atoms. The molecule has 0 spiro atoms. The first-order chi connectivity index (χ1) is 8.95. The van der Waals surface area contributed by atoms with Gasteiger partial charge in [-0.25, -0.2) is 9.67 Å². The van der Waals surface area contributed by atoms with Gasteiger partial charge in [-0.15, -0.1) is 0 Å². The van der Waals surface area contributed by atoms with Gasteiger partial charge in [0.2, 0.25) is 5.82 Å². The Balaban J connectivity index is 2.42. The normalized spacial score (nSPS) is 11.8. The molecule has 0 radical (unpaired) electrons. The fourth-order valence-corrected chi connectivity index (χ4v) is 1.65. The van der Waals surface area contributed by atoms with Gasteiger partial charge in [-0.3, -0.25) is 0 Å². The van der Waals surface area contributed by atoms with E-state index in [1.165, 1.54) is 0 Å². The lowest BCUT2D eigenvalue weighted by molar-refractivity contribution is -0.147. The Morgan fingerprint density at radius 3 is 2.26 bits per heavy atom. The quantitative estimate of drug-likeness (QED) is 0.933. The van der Waals surface area contributed by atoms with Crippen molar-refractivity contribution in [3.63, 3.8) is 0 Å². The third-order valence-electron chi connectivity index (χ3n) is 2.62. The number of nitrogens with zero attached hydrogens (tertiary/aromatic N) is 3. The zero-order chi connectivity index (χ0) is 14.0. The van der Waals surface area contributed by atoms with Gasteiger partial charge in [0.1, 0.15) is 0 Å². The molecule has 0 fully saturated rings. The Labute approximate surface area is 107 Å². The van der Waals surface area contributed by atoms with Crippen LogP contribution in [0.2, 0.25) is 0 Å². The first-order valence-electron chi connectivity index (χ1n) is 5.68. The van der Waals surface area contributed by atoms with Crippen molar-refractivity contribution in [1.29, 1.82) is 0 Å². The number of hydrogen-bond acceptors (Lipinski definition) is 3. The van der Waals surface area contributed by atoms with E-state index in [-0.39, 0.29) is 19.0 Å². The summed E-state index contributed by atoms with van der Waals surface area (Å²) in [4.78, 5) is 3.54. The van der Waals surface area contributed by atoms with Crippen LogP contribution in [-0.2, 0) is 19.3 Å². The first-order valence-corrected chi connectivity index (χ1v) is 5.68. The maximum absolute atomic E-state index is 12.7. The van der Waals surface area contributed by atoms with Crippen LogP contribution < -0.4 is 0 Å². The van der Waals surface area contributed by atoms with E-state index >= 15 is 0 Å². The standard InChI is InChI=1S/C12H12F3N3O/c1-2-18-11(12(13,14)15)16-10(17-18)9-5-3-8(7-19)4-6-9/h3-6,19H,2,7H2,1H3. The van der Waals surface area contributed by atoms with Gasteiger partial charge >= 0.3 is 6.18 Å². The van der Waals surface area contributed by atoms with E-state index < -0.39 is 12.0 Å². The van der Waals surface area contributed by atoms with Crippen molar-refractivity contribution >= 4 is 0 Å². The van der Waals surface area contributed by atoms with Crippen molar-refractivity contribution in [1.82, 2.24) is 14.8 Å². The molecule has 7 heteroatoms. The number of aliphatic hydroxyl groups is 1. The average molecular weight is 271 g/mol. The van der Waals surface area contributed by atoms with E-state index in [0.717, 1.165) is 4.68 Å². The lowest BCUT2D eigenvalue weighted by atomic mass is 10.1. The lowest BCUT2D eigenvalue weighted by Gasteiger charge is -2.04. The van der Waals surface area contributed by atoms with E-state index in [1.807, 2.05) is 0 Å². The van der Waals surface area contributed by atoms with Crippen molar-refractivity contribution in [2.24, 2.45) is 0 Å². The van der Waals surface area contributed by atoms with Crippen LogP contribution in [0.4, 0.5) is 13.2 Å². The van der Waals surface area contributed by atoms with E-state index in [0.29, 0.717) is 11.1 Å². The van der Waals surface area contributed by atoms with Crippen molar-refractivity contribution < 1.29 is 18.3 Å². The molecule has 2 rings (SSSR count). The maximum atomic E-state index is 12.7. The van der Waals surface area contributed by atoms with Crippen LogP contribution in [0.25, 0.3) is 11.4 Å². The molecule has 2 aromatic rings. The summed E-state index contributed by atoms with van der Waals surface area (Å²) in [6, 6.07) is 6.41. The van der Waals surface area contributed by atoms with E-state index in [1.54, 1.807) is 31.2 Å². The number of aromatic nitrogens is 3. The Morgan fingerprint density at radius 2 is 1.84 bits per heavy atom. The second-order valence-corrected chi connectivity index (χ2v) is 3.93. The maximum Gasteiger partial charge on any atom is 0.451 e. The summed E-state index contributed by atoms with van der Waals surface area (Å²) in [6.07, 6.45) is -4.52. The van der Waals surface area contributed by atoms with Crippen LogP contribution in [0, 0.1) is 0 Å². The van der Waals surface area contributed by atoms with Gasteiger partial charge in [-0.2, -0.15) is 18.3 Å². The largest absolute Gasteiger partial charge is 0.451 e. The molecular formula is C12H12F3N3O. The van der Waals surface area contributed by atoms with Crippen LogP contribution in [-0.4, -0.2) is 19.9 Å². The van der Waals surface area contributed by atoms with Crippen molar-refractivity contribution in [2.75, 3.05) is 0 Å². The molecule has 0 saturated heterocycles. The topological polar surface area (TPSA) is 50.9 Å². The molecule has 0 atom stereocenters. The molecule has 19 heavy (non-hydrogen) atoms. The Hall–Kier alpha value is -1.89. The predicted octanol–water partition coefficient (Wildman–Crippen LogP) is 2.48. The molecule has 1 N–H and O–H groups in total. The number of aliphatic hydroxyl groups excluding tert-OH is 1. The number of halogens is 3. The SMILES string of the molecule is CCn1nc(-c2ccc(CO)cc2)nc1C(F)(F)F. The summed E-state index contributed by atoms with van der Waals surface area (Å²) < 4.78 is 39.0. The molecule has 1 aromatic carbocycles. The summed E-state index contributed by atoms with van der Waals surface area (Å²) in [6.45, 7) is 1.55. The molecule has 0 saturated carbocycles. The molecule has 102 valence electrons. The van der Waals surface area contributed by atoms with Gasteiger partial charge in [-0.05, 0) is 12.5 Å². The molecule has 1 heterocycles. The summed E-state index contributed by atoms with van der Waals surface area (Å²) in [5, 5.41) is 12.8. The van der Waals surface area contributed by atoms with Crippen LogP contribution in [0.5, 0.6) is 0 Å². The number of hydrogen-bond donors (Lipinski definition) is 1. The molecule has 0 aliphatic heterocycles. The van der Waals surface area contributed by atoms with Crippen molar-refractivity contribution in [3.05, 3.63) is 35.7 Å². The molecule has 1 aromatic heterocycles. The number of aryl methyl sites for hydroxylation is 1. The summed E-state index contributed by atoms with van der Waals surface area (Å²) in [7, 11) is 0. The number of alkyl halides is 3. The second-order valence-electron chi connectivity index (χ2n) is 3.93. The monoisotopic (exact) mass is 271 g/mol. The van der Waals surface area contributed by atoms with Gasteiger partial charge in [0.15, 0.2) is 5.82 Å². The molecule has 0 amide bonds. The van der Waals surface area contributed by atoms with E-state index in [9.17, 15) is 13.2 Å². The third-order valence-corrected chi connectivity index (χ3v) is 2.62. The fraction of sp³-hybridized carbons (Fsp3) is 0.333. The van der Waals surface area contributed by atoms with Gasteiger partial charge in [-0.1, -0.05) is 24.3 Å². The smallest absolute Gasteiger partial charge is 0.392 e. The van der Waals surface area contributed by atoms with Gasteiger partial charge in [0, 0.05) is 12.1 Å². The second kappa shape index (κ2) is 5.00. The van der Waals surface area contributed by atoms with Crippen LogP contribution in [0.3, 0.4) is 0 Å². The van der Waals surface area contributed by atoms with Crippen LogP contribution >= 0.6 is 0 Å². The van der Waals surface area contributed by atoms with Gasteiger partial charge < -0.3 is 5.11 Å². The Morgan fingerprint density at radius 1 is 1.21 bits per heavy atom. The average Bonchev–Trinajstić information content (AvgIpc) is 2.83. The number of benzene rings is 1. The number of rotatable bonds is 3. The van der Waals surface area contributed by atoms with Crippen molar-refractivity contribution in [3.8, 4) is 11.4 Å².